The lowest BCUT2D eigenvalue weighted by molar-refractivity contribution is 0.0601. The molecule has 0 unspecified atom stereocenters. The number of aliphatic imine (C=N–C) groups is 1. The van der Waals surface area contributed by atoms with E-state index < -0.39 is 5.97 Å². The molecule has 0 aliphatic rings. The van der Waals surface area contributed by atoms with Crippen LogP contribution in [0.4, 0.5) is 5.69 Å². The molecule has 0 radical (unpaired) electrons. The van der Waals surface area contributed by atoms with Crippen molar-refractivity contribution in [3.05, 3.63) is 79.1 Å². The van der Waals surface area contributed by atoms with E-state index in [-0.39, 0.29) is 0 Å². The summed E-state index contributed by atoms with van der Waals surface area (Å²) in [6.07, 6.45) is 1.81. The van der Waals surface area contributed by atoms with E-state index in [4.69, 9.17) is 16.3 Å². The number of hydrogen-bond donors (Lipinski definition) is 0. The van der Waals surface area contributed by atoms with E-state index in [9.17, 15) is 4.79 Å². The number of aromatic nitrogens is 1. The summed E-state index contributed by atoms with van der Waals surface area (Å²) in [5.74, 6) is -0.477. The zero-order valence-corrected chi connectivity index (χ0v) is 19.0. The van der Waals surface area contributed by atoms with E-state index in [2.05, 4.69) is 77.2 Å². The smallest absolute Gasteiger partial charge is 0.339 e. The summed E-state index contributed by atoms with van der Waals surface area (Å²) in [6.45, 7) is 6.26. The summed E-state index contributed by atoms with van der Waals surface area (Å²) >= 11 is 8.41. The molecule has 0 bridgehead atoms. The fourth-order valence-electron chi connectivity index (χ4n) is 3.09. The van der Waals surface area contributed by atoms with Gasteiger partial charge in [-0.2, -0.15) is 0 Å². The second kappa shape index (κ2) is 8.49. The fraction of sp³-hybridized carbons (Fsp3) is 0.182. The molecule has 2 aromatic carbocycles. The van der Waals surface area contributed by atoms with Crippen LogP contribution in [0.25, 0.3) is 5.69 Å². The quantitative estimate of drug-likeness (QED) is 0.240. The minimum atomic E-state index is -0.477. The van der Waals surface area contributed by atoms with Gasteiger partial charge in [-0.3, -0.25) is 4.99 Å². The number of nitrogens with zero attached hydrogens (tertiary/aromatic N) is 2. The number of ether oxygens (including phenoxy) is 1. The van der Waals surface area contributed by atoms with Gasteiger partial charge in [0.2, 0.25) is 0 Å². The molecule has 4 nitrogen and oxygen atoms in total. The zero-order chi connectivity index (χ0) is 20.4. The maximum absolute atomic E-state index is 11.8. The third-order valence-electron chi connectivity index (χ3n) is 4.58. The molecule has 3 rings (SSSR count). The van der Waals surface area contributed by atoms with Gasteiger partial charge in [-0.15, -0.1) is 0 Å². The number of benzene rings is 2. The molecule has 0 saturated heterocycles. The Balaban J connectivity index is 1.96. The average Bonchev–Trinajstić information content (AvgIpc) is 2.96. The predicted molar refractivity (Wildman–Crippen MR) is 123 cm³/mol. The third kappa shape index (κ3) is 4.15. The van der Waals surface area contributed by atoms with Gasteiger partial charge in [-0.25, -0.2) is 4.79 Å². The monoisotopic (exact) mass is 506 g/mol. The second-order valence-corrected chi connectivity index (χ2v) is 8.08. The van der Waals surface area contributed by atoms with Crippen LogP contribution in [0.15, 0.2) is 47.5 Å². The Kier molecular flexibility index (Phi) is 6.25. The highest BCUT2D eigenvalue weighted by atomic mass is 127. The van der Waals surface area contributed by atoms with Crippen molar-refractivity contribution in [2.75, 3.05) is 7.11 Å². The molecule has 1 heterocycles. The van der Waals surface area contributed by atoms with Gasteiger partial charge < -0.3 is 9.30 Å². The molecular weight excluding hydrogens is 487 g/mol. The van der Waals surface area contributed by atoms with E-state index in [0.717, 1.165) is 22.6 Å². The van der Waals surface area contributed by atoms with Crippen LogP contribution in [0.3, 0.4) is 0 Å². The minimum absolute atomic E-state index is 0.304. The minimum Gasteiger partial charge on any atom is -0.465 e. The highest BCUT2D eigenvalue weighted by Crippen LogP contribution is 2.25. The lowest BCUT2D eigenvalue weighted by Gasteiger charge is -2.11. The Morgan fingerprint density at radius 1 is 1.14 bits per heavy atom. The second-order valence-electron chi connectivity index (χ2n) is 6.51. The standard InChI is InChI=1S/C22H20ClIN2O2/c1-13-9-18(6-8-21(13)24)26-14(2)10-16(15(26)3)12-25-17-5-7-20(23)19(11-17)22(27)28-4/h5-12H,1-4H3. The van der Waals surface area contributed by atoms with Crippen molar-refractivity contribution in [1.29, 1.82) is 0 Å². The number of rotatable bonds is 4. The number of methoxy groups -OCH3 is 1. The molecule has 1 aromatic heterocycles. The lowest BCUT2D eigenvalue weighted by atomic mass is 10.2. The predicted octanol–water partition coefficient (Wildman–Crippen LogP) is 6.20. The van der Waals surface area contributed by atoms with E-state index >= 15 is 0 Å². The van der Waals surface area contributed by atoms with Gasteiger partial charge in [0, 0.05) is 32.4 Å². The van der Waals surface area contributed by atoms with Crippen LogP contribution in [0.1, 0.15) is 32.9 Å². The van der Waals surface area contributed by atoms with E-state index in [1.165, 1.54) is 16.2 Å². The van der Waals surface area contributed by atoms with Crippen LogP contribution in [0.5, 0.6) is 0 Å². The number of halogens is 2. The van der Waals surface area contributed by atoms with Crippen molar-refractivity contribution < 1.29 is 9.53 Å². The van der Waals surface area contributed by atoms with Gasteiger partial charge in [-0.05, 0) is 91.4 Å². The van der Waals surface area contributed by atoms with Crippen LogP contribution >= 0.6 is 34.2 Å². The van der Waals surface area contributed by atoms with Crippen LogP contribution in [-0.2, 0) is 4.74 Å². The number of aryl methyl sites for hydroxylation is 2. The highest BCUT2D eigenvalue weighted by molar-refractivity contribution is 14.1. The molecule has 28 heavy (non-hydrogen) atoms. The van der Waals surface area contributed by atoms with Gasteiger partial charge in [0.05, 0.1) is 23.4 Å². The fourth-order valence-corrected chi connectivity index (χ4v) is 3.62. The van der Waals surface area contributed by atoms with Gasteiger partial charge in [-0.1, -0.05) is 11.6 Å². The normalized spacial score (nSPS) is 11.2. The molecule has 0 fully saturated rings. The molecular formula is C22H20ClIN2O2. The summed E-state index contributed by atoms with van der Waals surface area (Å²) < 4.78 is 8.22. The number of esters is 1. The van der Waals surface area contributed by atoms with E-state index in [1.54, 1.807) is 18.2 Å². The van der Waals surface area contributed by atoms with Gasteiger partial charge in [0.15, 0.2) is 0 Å². The molecule has 0 N–H and O–H groups in total. The molecule has 0 aliphatic carbocycles. The first-order valence-electron chi connectivity index (χ1n) is 8.69. The summed E-state index contributed by atoms with van der Waals surface area (Å²) in [5, 5.41) is 0.345. The molecule has 0 spiro atoms. The maximum Gasteiger partial charge on any atom is 0.339 e. The van der Waals surface area contributed by atoms with E-state index in [0.29, 0.717) is 16.3 Å². The van der Waals surface area contributed by atoms with Crippen molar-refractivity contribution in [1.82, 2.24) is 4.57 Å². The number of carbonyl (C=O) groups is 1. The van der Waals surface area contributed by atoms with Crippen molar-refractivity contribution in [3.8, 4) is 5.69 Å². The Morgan fingerprint density at radius 3 is 2.57 bits per heavy atom. The van der Waals surface area contributed by atoms with Crippen LogP contribution < -0.4 is 0 Å². The van der Waals surface area contributed by atoms with Crippen LogP contribution in [0, 0.1) is 24.3 Å². The Bertz CT molecular complexity index is 1090. The molecule has 0 amide bonds. The first-order chi connectivity index (χ1) is 13.3. The van der Waals surface area contributed by atoms with Crippen molar-refractivity contribution >= 4 is 52.1 Å². The first kappa shape index (κ1) is 20.6. The molecule has 0 atom stereocenters. The van der Waals surface area contributed by atoms with Crippen molar-refractivity contribution in [2.45, 2.75) is 20.8 Å². The molecule has 144 valence electrons. The first-order valence-corrected chi connectivity index (χ1v) is 10.1. The molecule has 0 aliphatic heterocycles. The van der Waals surface area contributed by atoms with Crippen molar-refractivity contribution in [3.63, 3.8) is 0 Å². The Morgan fingerprint density at radius 2 is 1.89 bits per heavy atom. The summed E-state index contributed by atoms with van der Waals surface area (Å²) in [7, 11) is 1.33. The topological polar surface area (TPSA) is 43.6 Å². The lowest BCUT2D eigenvalue weighted by Crippen LogP contribution is -2.01. The van der Waals surface area contributed by atoms with Gasteiger partial charge >= 0.3 is 5.97 Å². The molecule has 6 heteroatoms. The van der Waals surface area contributed by atoms with Gasteiger partial charge in [0.1, 0.15) is 0 Å². The van der Waals surface area contributed by atoms with Crippen LogP contribution in [0.2, 0.25) is 5.02 Å². The Hall–Kier alpha value is -2.12. The number of carbonyl (C=O) groups excluding carboxylic acids is 1. The third-order valence-corrected chi connectivity index (χ3v) is 6.12. The van der Waals surface area contributed by atoms with Gasteiger partial charge in [0.25, 0.3) is 0 Å². The summed E-state index contributed by atoms with van der Waals surface area (Å²) in [5.41, 5.74) is 6.57. The maximum atomic E-state index is 11.8. The largest absolute Gasteiger partial charge is 0.465 e. The SMILES string of the molecule is COC(=O)c1cc(N=Cc2cc(C)n(-c3ccc(I)c(C)c3)c2C)ccc1Cl. The highest BCUT2D eigenvalue weighted by Gasteiger charge is 2.12. The van der Waals surface area contributed by atoms with E-state index in [1.807, 2.05) is 6.21 Å². The zero-order valence-electron chi connectivity index (χ0n) is 16.1. The Labute approximate surface area is 183 Å². The van der Waals surface area contributed by atoms with Crippen molar-refractivity contribution in [2.24, 2.45) is 4.99 Å². The molecule has 3 aromatic rings. The summed E-state index contributed by atoms with van der Waals surface area (Å²) in [4.78, 5) is 16.3. The average molecular weight is 507 g/mol. The summed E-state index contributed by atoms with van der Waals surface area (Å²) in [6, 6.07) is 13.6. The number of hydrogen-bond acceptors (Lipinski definition) is 3. The molecule has 0 saturated carbocycles. The van der Waals surface area contributed by atoms with Crippen LogP contribution in [-0.4, -0.2) is 23.9 Å².